The van der Waals surface area contributed by atoms with Crippen LogP contribution in [0.3, 0.4) is 0 Å². The van der Waals surface area contributed by atoms with Crippen molar-refractivity contribution in [3.63, 3.8) is 0 Å². The second kappa shape index (κ2) is 9.13. The van der Waals surface area contributed by atoms with Crippen LogP contribution in [0, 0.1) is 13.8 Å². The molecular weight excluding hydrogens is 328 g/mol. The first kappa shape index (κ1) is 19.6. The standard InChI is InChI=1S/C21H28N2O3/c1-7-26-21-14(2)10-18(11-15(21)3)16(4)23-22-13-17-8-9-19(24-5)20(12-17)25-6/h8-12,22H,7,13H2,1-6H3/b23-16+. The lowest BCUT2D eigenvalue weighted by atomic mass is 10.0. The average Bonchev–Trinajstić information content (AvgIpc) is 2.64. The van der Waals surface area contributed by atoms with Crippen molar-refractivity contribution in [1.82, 2.24) is 5.43 Å². The summed E-state index contributed by atoms with van der Waals surface area (Å²) in [5, 5.41) is 4.50. The summed E-state index contributed by atoms with van der Waals surface area (Å²) in [6.45, 7) is 9.39. The van der Waals surface area contributed by atoms with E-state index in [-0.39, 0.29) is 0 Å². The van der Waals surface area contributed by atoms with E-state index in [1.807, 2.05) is 32.0 Å². The van der Waals surface area contributed by atoms with Crippen molar-refractivity contribution in [2.45, 2.75) is 34.2 Å². The van der Waals surface area contributed by atoms with Crippen LogP contribution in [0.4, 0.5) is 0 Å². The fourth-order valence-corrected chi connectivity index (χ4v) is 2.84. The molecule has 26 heavy (non-hydrogen) atoms. The van der Waals surface area contributed by atoms with E-state index in [1.54, 1.807) is 14.2 Å². The highest BCUT2D eigenvalue weighted by atomic mass is 16.5. The number of hydrazone groups is 1. The van der Waals surface area contributed by atoms with Crippen molar-refractivity contribution >= 4 is 5.71 Å². The summed E-state index contributed by atoms with van der Waals surface area (Å²) < 4.78 is 16.3. The molecule has 0 aliphatic heterocycles. The Balaban J connectivity index is 2.09. The summed E-state index contributed by atoms with van der Waals surface area (Å²) in [6.07, 6.45) is 0. The van der Waals surface area contributed by atoms with Crippen LogP contribution in [-0.2, 0) is 6.54 Å². The zero-order chi connectivity index (χ0) is 19.1. The number of aryl methyl sites for hydroxylation is 2. The van der Waals surface area contributed by atoms with E-state index in [0.717, 1.165) is 39.5 Å². The molecule has 0 radical (unpaired) electrons. The molecule has 2 aromatic carbocycles. The van der Waals surface area contributed by atoms with E-state index in [1.165, 1.54) is 0 Å². The molecule has 140 valence electrons. The third kappa shape index (κ3) is 4.69. The summed E-state index contributed by atoms with van der Waals surface area (Å²) in [5.41, 5.74) is 8.46. The third-order valence-corrected chi connectivity index (χ3v) is 4.14. The fraction of sp³-hybridized carbons (Fsp3) is 0.381. The number of hydrogen-bond donors (Lipinski definition) is 1. The molecule has 2 aromatic rings. The molecule has 0 saturated carbocycles. The Morgan fingerprint density at radius 2 is 1.65 bits per heavy atom. The average molecular weight is 356 g/mol. The molecule has 0 spiro atoms. The van der Waals surface area contributed by atoms with Crippen LogP contribution in [0.25, 0.3) is 0 Å². The SMILES string of the molecule is CCOc1c(C)cc(/C(C)=N/NCc2ccc(OC)c(OC)c2)cc1C. The van der Waals surface area contributed by atoms with Gasteiger partial charge in [0.25, 0.3) is 0 Å². The van der Waals surface area contributed by atoms with Gasteiger partial charge in [0, 0.05) is 0 Å². The molecule has 0 saturated heterocycles. The Morgan fingerprint density at radius 3 is 2.23 bits per heavy atom. The van der Waals surface area contributed by atoms with Gasteiger partial charge in [-0.3, -0.25) is 0 Å². The molecule has 0 amide bonds. The van der Waals surface area contributed by atoms with Gasteiger partial charge in [-0.05, 0) is 74.2 Å². The predicted octanol–water partition coefficient (Wildman–Crippen LogP) is 4.23. The minimum Gasteiger partial charge on any atom is -0.493 e. The summed E-state index contributed by atoms with van der Waals surface area (Å²) in [4.78, 5) is 0. The monoisotopic (exact) mass is 356 g/mol. The number of methoxy groups -OCH3 is 2. The van der Waals surface area contributed by atoms with Gasteiger partial charge in [0.1, 0.15) is 5.75 Å². The lowest BCUT2D eigenvalue weighted by molar-refractivity contribution is 0.335. The highest BCUT2D eigenvalue weighted by Crippen LogP contribution is 2.27. The molecule has 0 aliphatic rings. The van der Waals surface area contributed by atoms with E-state index in [0.29, 0.717) is 18.9 Å². The third-order valence-electron chi connectivity index (χ3n) is 4.14. The molecule has 1 N–H and O–H groups in total. The number of nitrogens with zero attached hydrogens (tertiary/aromatic N) is 1. The van der Waals surface area contributed by atoms with Crippen LogP contribution in [0.15, 0.2) is 35.4 Å². The molecule has 0 fully saturated rings. The summed E-state index contributed by atoms with van der Waals surface area (Å²) in [6, 6.07) is 10.0. The number of benzene rings is 2. The maximum atomic E-state index is 5.70. The van der Waals surface area contributed by atoms with Crippen LogP contribution in [0.5, 0.6) is 17.2 Å². The zero-order valence-corrected chi connectivity index (χ0v) is 16.5. The normalized spacial score (nSPS) is 11.2. The van der Waals surface area contributed by atoms with Gasteiger partial charge < -0.3 is 19.6 Å². The van der Waals surface area contributed by atoms with Gasteiger partial charge >= 0.3 is 0 Å². The molecule has 5 nitrogen and oxygen atoms in total. The minimum atomic E-state index is 0.604. The maximum absolute atomic E-state index is 5.70. The van der Waals surface area contributed by atoms with Gasteiger partial charge in [-0.1, -0.05) is 6.07 Å². The van der Waals surface area contributed by atoms with Gasteiger partial charge in [-0.2, -0.15) is 5.10 Å². The quantitative estimate of drug-likeness (QED) is 0.568. The molecule has 0 heterocycles. The summed E-state index contributed by atoms with van der Waals surface area (Å²) in [7, 11) is 3.26. The first-order valence-electron chi connectivity index (χ1n) is 8.72. The highest BCUT2D eigenvalue weighted by molar-refractivity contribution is 5.99. The van der Waals surface area contributed by atoms with Crippen LogP contribution in [0.1, 0.15) is 36.1 Å². The maximum Gasteiger partial charge on any atom is 0.161 e. The smallest absolute Gasteiger partial charge is 0.161 e. The first-order chi connectivity index (χ1) is 12.5. The molecule has 0 aromatic heterocycles. The zero-order valence-electron chi connectivity index (χ0n) is 16.5. The number of rotatable bonds is 8. The second-order valence-corrected chi connectivity index (χ2v) is 6.09. The lowest BCUT2D eigenvalue weighted by Gasteiger charge is -2.13. The van der Waals surface area contributed by atoms with E-state index in [4.69, 9.17) is 14.2 Å². The molecule has 2 rings (SSSR count). The predicted molar refractivity (Wildman–Crippen MR) is 106 cm³/mol. The van der Waals surface area contributed by atoms with Crippen molar-refractivity contribution in [2.75, 3.05) is 20.8 Å². The van der Waals surface area contributed by atoms with Gasteiger partial charge in [-0.15, -0.1) is 0 Å². The van der Waals surface area contributed by atoms with Gasteiger partial charge in [0.15, 0.2) is 11.5 Å². The van der Waals surface area contributed by atoms with Gasteiger partial charge in [0.05, 0.1) is 33.1 Å². The van der Waals surface area contributed by atoms with Crippen molar-refractivity contribution in [2.24, 2.45) is 5.10 Å². The van der Waals surface area contributed by atoms with E-state index in [9.17, 15) is 0 Å². The Kier molecular flexibility index (Phi) is 6.89. The van der Waals surface area contributed by atoms with Crippen molar-refractivity contribution in [1.29, 1.82) is 0 Å². The number of ether oxygens (including phenoxy) is 3. The van der Waals surface area contributed by atoms with Crippen LogP contribution >= 0.6 is 0 Å². The Hall–Kier alpha value is -2.69. The van der Waals surface area contributed by atoms with Gasteiger partial charge in [0.2, 0.25) is 0 Å². The van der Waals surface area contributed by atoms with Crippen LogP contribution < -0.4 is 19.6 Å². The summed E-state index contributed by atoms with van der Waals surface area (Å²) in [5.74, 6) is 2.39. The van der Waals surface area contributed by atoms with Gasteiger partial charge in [-0.25, -0.2) is 0 Å². The van der Waals surface area contributed by atoms with Crippen molar-refractivity contribution in [3.05, 3.63) is 52.6 Å². The van der Waals surface area contributed by atoms with Crippen LogP contribution in [0.2, 0.25) is 0 Å². The van der Waals surface area contributed by atoms with Crippen LogP contribution in [-0.4, -0.2) is 26.5 Å². The number of hydrogen-bond acceptors (Lipinski definition) is 5. The molecule has 0 unspecified atom stereocenters. The minimum absolute atomic E-state index is 0.604. The Morgan fingerprint density at radius 1 is 1.00 bits per heavy atom. The highest BCUT2D eigenvalue weighted by Gasteiger charge is 2.08. The molecule has 5 heteroatoms. The Labute approximate surface area is 156 Å². The molecule has 0 atom stereocenters. The number of nitrogens with one attached hydrogen (secondary N) is 1. The van der Waals surface area contributed by atoms with E-state index in [2.05, 4.69) is 36.5 Å². The molecular formula is C21H28N2O3. The van der Waals surface area contributed by atoms with Crippen molar-refractivity contribution in [3.8, 4) is 17.2 Å². The molecule has 0 aliphatic carbocycles. The largest absolute Gasteiger partial charge is 0.493 e. The van der Waals surface area contributed by atoms with Crippen molar-refractivity contribution < 1.29 is 14.2 Å². The van der Waals surface area contributed by atoms with E-state index < -0.39 is 0 Å². The fourth-order valence-electron chi connectivity index (χ4n) is 2.84. The van der Waals surface area contributed by atoms with E-state index >= 15 is 0 Å². The molecule has 0 bridgehead atoms. The lowest BCUT2D eigenvalue weighted by Crippen LogP contribution is -2.10. The Bertz CT molecular complexity index is 762. The topological polar surface area (TPSA) is 52.1 Å². The second-order valence-electron chi connectivity index (χ2n) is 6.09. The summed E-state index contributed by atoms with van der Waals surface area (Å²) >= 11 is 0. The first-order valence-corrected chi connectivity index (χ1v) is 8.72.